The van der Waals surface area contributed by atoms with Crippen LogP contribution in [0.5, 0.6) is 0 Å². The molecule has 0 heterocycles. The van der Waals surface area contributed by atoms with Gasteiger partial charge in [-0.25, -0.2) is 4.79 Å². The molecule has 8 nitrogen and oxygen atoms in total. The predicted octanol–water partition coefficient (Wildman–Crippen LogP) is 4.08. The van der Waals surface area contributed by atoms with Gasteiger partial charge in [-0.05, 0) is 44.0 Å². The van der Waals surface area contributed by atoms with Gasteiger partial charge in [-0.3, -0.25) is 0 Å². The summed E-state index contributed by atoms with van der Waals surface area (Å²) in [5, 5.41) is 10.2. The molecule has 34 heavy (non-hydrogen) atoms. The van der Waals surface area contributed by atoms with Crippen molar-refractivity contribution in [2.24, 2.45) is 11.7 Å². The number of carboxylic acid groups (broad SMARTS) is 1. The Morgan fingerprint density at radius 2 is 1.65 bits per heavy atom. The van der Waals surface area contributed by atoms with Crippen molar-refractivity contribution in [3.05, 3.63) is 65.7 Å². The Morgan fingerprint density at radius 1 is 1.03 bits per heavy atom. The number of hydrogen-bond acceptors (Lipinski definition) is 6. The van der Waals surface area contributed by atoms with Gasteiger partial charge in [0.05, 0.1) is 0 Å². The third-order valence-corrected chi connectivity index (χ3v) is 7.90. The van der Waals surface area contributed by atoms with Gasteiger partial charge in [0.15, 0.2) is 0 Å². The summed E-state index contributed by atoms with van der Waals surface area (Å²) in [5.41, 5.74) is 7.09. The van der Waals surface area contributed by atoms with E-state index < -0.39 is 32.0 Å². The number of amides is 1. The first-order valence-corrected chi connectivity index (χ1v) is 12.8. The van der Waals surface area contributed by atoms with Crippen LogP contribution in [0.2, 0.25) is 0 Å². The molecule has 1 amide bonds. The van der Waals surface area contributed by atoms with Gasteiger partial charge in [0.25, 0.3) is 0 Å². The van der Waals surface area contributed by atoms with Crippen molar-refractivity contribution in [2.75, 3.05) is 13.1 Å². The van der Waals surface area contributed by atoms with Crippen LogP contribution in [0, 0.1) is 12.8 Å². The van der Waals surface area contributed by atoms with Crippen LogP contribution in [0.4, 0.5) is 4.79 Å². The molecule has 0 saturated carbocycles. The molecular weight excluding hydrogens is 456 g/mol. The van der Waals surface area contributed by atoms with Crippen LogP contribution < -0.4 is 5.73 Å². The summed E-state index contributed by atoms with van der Waals surface area (Å²) >= 11 is 0. The number of carbonyl (C=O) groups excluding carboxylic acids is 1. The summed E-state index contributed by atoms with van der Waals surface area (Å²) < 4.78 is 32.4. The maximum Gasteiger partial charge on any atom is 0.533 e. The van der Waals surface area contributed by atoms with Gasteiger partial charge in [-0.15, -0.1) is 3.89 Å². The fourth-order valence-electron chi connectivity index (χ4n) is 3.95. The van der Waals surface area contributed by atoms with Crippen LogP contribution in [0.3, 0.4) is 0 Å². The molecule has 0 aromatic heterocycles. The Hall–Kier alpha value is -2.75. The number of ether oxygens (including phenoxy) is 1. The molecule has 0 saturated heterocycles. The van der Waals surface area contributed by atoms with Gasteiger partial charge in [0, 0.05) is 12.3 Å². The number of benzene rings is 2. The molecule has 2 atom stereocenters. The summed E-state index contributed by atoms with van der Waals surface area (Å²) in [7, 11) is -4.51. The highest BCUT2D eigenvalue weighted by Crippen LogP contribution is 2.34. The molecule has 0 aliphatic carbocycles. The molecule has 0 aliphatic rings. The van der Waals surface area contributed by atoms with Crippen molar-refractivity contribution in [3.8, 4) is 0 Å². The lowest BCUT2D eigenvalue weighted by Crippen LogP contribution is -2.66. The maximum atomic E-state index is 14.1. The highest BCUT2D eigenvalue weighted by molar-refractivity contribution is 7.86. The van der Waals surface area contributed by atoms with E-state index in [1.807, 2.05) is 13.0 Å². The second-order valence-electron chi connectivity index (χ2n) is 8.84. The molecule has 0 radical (unpaired) electrons. The topological polar surface area (TPSA) is 124 Å². The summed E-state index contributed by atoms with van der Waals surface area (Å²) in [6, 6.07) is 13.3. The summed E-state index contributed by atoms with van der Waals surface area (Å²) in [5.74, 6) is -1.69. The van der Waals surface area contributed by atoms with Crippen molar-refractivity contribution in [3.63, 3.8) is 0 Å². The SMILES string of the molecule is Cc1ccc(S(=O)(=O)[N+](CC(C)C)(C(=O)OCc2ccccc2)C(CCCCN)C(=O)O)cc1. The first kappa shape index (κ1) is 27.5. The molecule has 186 valence electrons. The normalized spacial score (nSPS) is 14.4. The molecule has 0 fully saturated rings. The van der Waals surface area contributed by atoms with Crippen molar-refractivity contribution in [2.45, 2.75) is 57.6 Å². The third kappa shape index (κ3) is 6.22. The first-order chi connectivity index (χ1) is 16.1. The van der Waals surface area contributed by atoms with Gasteiger partial charge in [-0.1, -0.05) is 61.9 Å². The van der Waals surface area contributed by atoms with Crippen LogP contribution in [0.1, 0.15) is 44.2 Å². The van der Waals surface area contributed by atoms with E-state index in [4.69, 9.17) is 10.5 Å². The summed E-state index contributed by atoms with van der Waals surface area (Å²) in [6.07, 6.45) is -0.265. The molecule has 0 aliphatic heterocycles. The van der Waals surface area contributed by atoms with Crippen molar-refractivity contribution >= 4 is 22.1 Å². The zero-order valence-electron chi connectivity index (χ0n) is 20.0. The Labute approximate surface area is 202 Å². The molecule has 3 N–H and O–H groups in total. The maximum absolute atomic E-state index is 14.1. The highest BCUT2D eigenvalue weighted by atomic mass is 32.2. The first-order valence-electron chi connectivity index (χ1n) is 11.4. The van der Waals surface area contributed by atoms with Crippen LogP contribution in [-0.4, -0.2) is 48.6 Å². The number of aryl methyl sites for hydroxylation is 1. The summed E-state index contributed by atoms with van der Waals surface area (Å²) in [4.78, 5) is 26.1. The van der Waals surface area contributed by atoms with Gasteiger partial charge in [0.1, 0.15) is 18.0 Å². The Balaban J connectivity index is 2.67. The minimum Gasteiger partial charge on any atom is -0.477 e. The molecular formula is C25H35N2O6S+. The zero-order chi connectivity index (χ0) is 25.4. The molecule has 2 unspecified atom stereocenters. The number of sulfonamides is 1. The van der Waals surface area contributed by atoms with Gasteiger partial charge >= 0.3 is 22.1 Å². The van der Waals surface area contributed by atoms with E-state index in [0.717, 1.165) is 5.56 Å². The van der Waals surface area contributed by atoms with Crippen molar-refractivity contribution in [1.82, 2.24) is 0 Å². The highest BCUT2D eigenvalue weighted by Gasteiger charge is 2.60. The number of unbranched alkanes of at least 4 members (excludes halogenated alkanes) is 1. The standard InChI is InChI=1S/C25H34N2O6S/c1-19(2)17-27(23(24(28)29)11-7-8-16-26,25(30)33-18-21-9-5-4-6-10-21)34(31,32)22-14-12-20(3)13-15-22/h4-6,9-10,12-15,19,23H,7-8,11,16-18,26H2,1-3H3/p+1. The number of aliphatic carboxylic acids is 1. The second kappa shape index (κ2) is 12.1. The Kier molecular flexibility index (Phi) is 9.78. The van der Waals surface area contributed by atoms with E-state index in [0.29, 0.717) is 24.9 Å². The molecule has 2 aromatic carbocycles. The fraction of sp³-hybridized carbons (Fsp3) is 0.440. The number of carbonyl (C=O) groups is 2. The number of rotatable bonds is 12. The average molecular weight is 492 g/mol. The smallest absolute Gasteiger partial charge is 0.477 e. The lowest BCUT2D eigenvalue weighted by molar-refractivity contribution is -0.756. The number of nitrogens with zero attached hydrogens (tertiary/aromatic N) is 1. The van der Waals surface area contributed by atoms with Crippen LogP contribution in [0.25, 0.3) is 0 Å². The van der Waals surface area contributed by atoms with Crippen molar-refractivity contribution in [1.29, 1.82) is 0 Å². The van der Waals surface area contributed by atoms with Crippen LogP contribution in [-0.2, 0) is 26.2 Å². The van der Waals surface area contributed by atoms with Crippen molar-refractivity contribution < 1.29 is 31.7 Å². The quantitative estimate of drug-likeness (QED) is 0.339. The lowest BCUT2D eigenvalue weighted by atomic mass is 10.1. The molecule has 0 bridgehead atoms. The zero-order valence-corrected chi connectivity index (χ0v) is 20.8. The van der Waals surface area contributed by atoms with E-state index >= 15 is 0 Å². The van der Waals surface area contributed by atoms with E-state index in [2.05, 4.69) is 0 Å². The van der Waals surface area contributed by atoms with E-state index in [-0.39, 0.29) is 30.4 Å². The van der Waals surface area contributed by atoms with E-state index in [1.54, 1.807) is 50.2 Å². The lowest BCUT2D eigenvalue weighted by Gasteiger charge is -2.38. The average Bonchev–Trinajstić information content (AvgIpc) is 2.79. The van der Waals surface area contributed by atoms with E-state index in [1.165, 1.54) is 12.1 Å². The number of carboxylic acids is 1. The van der Waals surface area contributed by atoms with Crippen LogP contribution in [0.15, 0.2) is 59.5 Å². The van der Waals surface area contributed by atoms with Gasteiger partial charge in [0.2, 0.25) is 6.04 Å². The van der Waals surface area contributed by atoms with E-state index in [9.17, 15) is 23.1 Å². The second-order valence-corrected chi connectivity index (χ2v) is 10.9. The summed E-state index contributed by atoms with van der Waals surface area (Å²) in [6.45, 7) is 5.23. The van der Waals surface area contributed by atoms with Gasteiger partial charge in [-0.2, -0.15) is 13.2 Å². The molecule has 9 heteroatoms. The third-order valence-electron chi connectivity index (χ3n) is 5.62. The number of quaternary nitrogens is 1. The molecule has 2 rings (SSSR count). The number of nitrogens with two attached hydrogens (primary N) is 1. The number of hydrogen-bond donors (Lipinski definition) is 2. The fourth-order valence-corrected chi connectivity index (χ4v) is 6.08. The predicted molar refractivity (Wildman–Crippen MR) is 129 cm³/mol. The Morgan fingerprint density at radius 3 is 2.18 bits per heavy atom. The largest absolute Gasteiger partial charge is 0.533 e. The van der Waals surface area contributed by atoms with Crippen LogP contribution >= 0.6 is 0 Å². The Bertz CT molecular complexity index is 1050. The minimum absolute atomic E-state index is 0.0369. The monoisotopic (exact) mass is 491 g/mol. The van der Waals surface area contributed by atoms with Gasteiger partial charge < -0.3 is 15.6 Å². The minimum atomic E-state index is -4.51. The molecule has 2 aromatic rings. The molecule has 0 spiro atoms.